The lowest BCUT2D eigenvalue weighted by atomic mass is 10.0. The lowest BCUT2D eigenvalue weighted by molar-refractivity contribution is 0.374. The zero-order valence-corrected chi connectivity index (χ0v) is 21.1. The van der Waals surface area contributed by atoms with E-state index in [-0.39, 0.29) is 6.29 Å². The Balaban J connectivity index is 1.26. The summed E-state index contributed by atoms with van der Waals surface area (Å²) >= 11 is 0. The van der Waals surface area contributed by atoms with Crippen LogP contribution in [-0.2, 0) is 11.0 Å². The monoisotopic (exact) mass is 525 g/mol. The molecule has 0 aliphatic carbocycles. The van der Waals surface area contributed by atoms with Crippen LogP contribution < -0.4 is 14.4 Å². The first-order chi connectivity index (χ1) is 18.7. The van der Waals surface area contributed by atoms with Gasteiger partial charge in [-0.3, -0.25) is 5.32 Å². The van der Waals surface area contributed by atoms with Gasteiger partial charge in [0.25, 0.3) is 0 Å². The van der Waals surface area contributed by atoms with Crippen LogP contribution in [0, 0.1) is 0 Å². The molecule has 0 spiro atoms. The number of para-hydroxylation sites is 3. The molecule has 38 heavy (non-hydrogen) atoms. The van der Waals surface area contributed by atoms with Gasteiger partial charge in [-0.1, -0.05) is 71.9 Å². The molecule has 6 aromatic rings. The van der Waals surface area contributed by atoms with Gasteiger partial charge in [-0.05, 0) is 48.4 Å². The van der Waals surface area contributed by atoms with E-state index in [9.17, 15) is 4.57 Å². The van der Waals surface area contributed by atoms with E-state index in [0.29, 0.717) is 23.7 Å². The van der Waals surface area contributed by atoms with Gasteiger partial charge in [0.05, 0.1) is 6.04 Å². The second kappa shape index (κ2) is 10.5. The van der Waals surface area contributed by atoms with Gasteiger partial charge in [0.1, 0.15) is 29.0 Å². The van der Waals surface area contributed by atoms with E-state index in [2.05, 4.69) is 25.9 Å². The van der Waals surface area contributed by atoms with Gasteiger partial charge in [-0.25, -0.2) is 4.57 Å². The highest BCUT2D eigenvalue weighted by Crippen LogP contribution is 2.48. The third-order valence-corrected chi connectivity index (χ3v) is 7.61. The fraction of sp³-hybridized carbons (Fsp3) is 0.107. The van der Waals surface area contributed by atoms with Crippen molar-refractivity contribution >= 4 is 29.5 Å². The highest BCUT2D eigenvalue weighted by Gasteiger charge is 2.31. The molecule has 2 N–H and O–H groups in total. The van der Waals surface area contributed by atoms with E-state index < -0.39 is 13.6 Å². The predicted molar refractivity (Wildman–Crippen MR) is 144 cm³/mol. The maximum atomic E-state index is 14.0. The summed E-state index contributed by atoms with van der Waals surface area (Å²) in [5.74, 6) is 1.32. The Labute approximate surface area is 218 Å². The summed E-state index contributed by atoms with van der Waals surface area (Å²) in [6.07, 6.45) is 0.395. The number of aromatic nitrogens is 4. The standard InChI is InChI=1S/C28H24N5O4P/c34-38(36-21-9-3-1-4-10-21,37-22-11-5-2-6-12-22)19-29-25(28-30-32-33-31-28)17-20-15-16-24-23-13-7-8-14-26(23)35-27(24)18-20/h1-16,18,25,29H,17,19H2,(H,30,31,32,33)/t25-/m0/s1. The van der Waals surface area contributed by atoms with Gasteiger partial charge in [-0.2, -0.15) is 5.21 Å². The fourth-order valence-corrected chi connectivity index (χ4v) is 5.79. The molecule has 2 aromatic heterocycles. The number of fused-ring (bicyclic) bond motifs is 3. The van der Waals surface area contributed by atoms with Crippen LogP contribution in [0.25, 0.3) is 21.9 Å². The van der Waals surface area contributed by atoms with Gasteiger partial charge in [0, 0.05) is 10.8 Å². The fourth-order valence-electron chi connectivity index (χ4n) is 4.29. The number of furan rings is 1. The van der Waals surface area contributed by atoms with Crippen molar-refractivity contribution in [3.63, 3.8) is 0 Å². The topological polar surface area (TPSA) is 115 Å². The van der Waals surface area contributed by atoms with Crippen molar-refractivity contribution in [2.45, 2.75) is 12.5 Å². The number of nitrogens with zero attached hydrogens (tertiary/aromatic N) is 3. The molecule has 0 bridgehead atoms. The summed E-state index contributed by atoms with van der Waals surface area (Å²) in [6.45, 7) is 0. The van der Waals surface area contributed by atoms with Crippen LogP contribution in [0.1, 0.15) is 17.4 Å². The van der Waals surface area contributed by atoms with Gasteiger partial charge in [0.2, 0.25) is 0 Å². The van der Waals surface area contributed by atoms with E-state index in [1.807, 2.05) is 78.9 Å². The second-order valence-electron chi connectivity index (χ2n) is 8.74. The van der Waals surface area contributed by atoms with Crippen LogP contribution >= 0.6 is 7.60 Å². The number of rotatable bonds is 10. The predicted octanol–water partition coefficient (Wildman–Crippen LogP) is 6.28. The van der Waals surface area contributed by atoms with Crippen molar-refractivity contribution in [3.05, 3.63) is 115 Å². The Morgan fingerprint density at radius 1 is 0.816 bits per heavy atom. The number of H-pyrrole nitrogens is 1. The normalized spacial score (nSPS) is 12.5. The van der Waals surface area contributed by atoms with Crippen LogP contribution in [0.2, 0.25) is 0 Å². The minimum absolute atomic E-state index is 0.0944. The number of aromatic amines is 1. The average Bonchev–Trinajstić information content (AvgIpc) is 3.60. The molecule has 0 aliphatic rings. The summed E-state index contributed by atoms with van der Waals surface area (Å²) in [5.41, 5.74) is 2.62. The summed E-state index contributed by atoms with van der Waals surface area (Å²) in [4.78, 5) is 0. The molecule has 0 aliphatic heterocycles. The molecule has 0 saturated carbocycles. The first-order valence-corrected chi connectivity index (χ1v) is 13.8. The molecule has 0 saturated heterocycles. The number of hydrogen-bond donors (Lipinski definition) is 2. The molecule has 6 rings (SSSR count). The summed E-state index contributed by atoms with van der Waals surface area (Å²) in [7, 11) is -3.70. The Hall–Kier alpha value is -4.46. The molecule has 0 fully saturated rings. The first-order valence-electron chi connectivity index (χ1n) is 12.1. The van der Waals surface area contributed by atoms with Gasteiger partial charge in [0.15, 0.2) is 5.82 Å². The maximum Gasteiger partial charge on any atom is 0.444 e. The number of tetrazole rings is 1. The van der Waals surface area contributed by atoms with E-state index in [1.54, 1.807) is 24.3 Å². The van der Waals surface area contributed by atoms with Crippen LogP contribution in [-0.4, -0.2) is 26.9 Å². The summed E-state index contributed by atoms with van der Waals surface area (Å²) < 4.78 is 31.8. The molecule has 1 atom stereocenters. The van der Waals surface area contributed by atoms with Crippen LogP contribution in [0.5, 0.6) is 11.5 Å². The largest absolute Gasteiger partial charge is 0.456 e. The van der Waals surface area contributed by atoms with E-state index >= 15 is 0 Å². The molecule has 10 heteroatoms. The second-order valence-corrected chi connectivity index (χ2v) is 10.6. The van der Waals surface area contributed by atoms with E-state index in [0.717, 1.165) is 27.5 Å². The van der Waals surface area contributed by atoms with E-state index in [4.69, 9.17) is 13.5 Å². The molecule has 190 valence electrons. The third-order valence-electron chi connectivity index (χ3n) is 6.06. The molecular weight excluding hydrogens is 501 g/mol. The lowest BCUT2D eigenvalue weighted by Gasteiger charge is -2.23. The molecule has 4 aromatic carbocycles. The van der Waals surface area contributed by atoms with E-state index in [1.165, 1.54) is 0 Å². The van der Waals surface area contributed by atoms with Crippen molar-refractivity contribution in [3.8, 4) is 11.5 Å². The summed E-state index contributed by atoms with van der Waals surface area (Å²) in [6, 6.07) is 31.5. The third kappa shape index (κ3) is 5.29. The molecule has 0 radical (unpaired) electrons. The average molecular weight is 526 g/mol. The Kier molecular flexibility index (Phi) is 6.60. The molecule has 0 amide bonds. The highest BCUT2D eigenvalue weighted by molar-refractivity contribution is 7.54. The quantitative estimate of drug-likeness (QED) is 0.201. The smallest absolute Gasteiger partial charge is 0.444 e. The Morgan fingerprint density at radius 3 is 2.16 bits per heavy atom. The maximum absolute atomic E-state index is 14.0. The van der Waals surface area contributed by atoms with Crippen molar-refractivity contribution in [1.29, 1.82) is 0 Å². The number of hydrogen-bond acceptors (Lipinski definition) is 8. The van der Waals surface area contributed by atoms with Crippen molar-refractivity contribution < 1.29 is 18.0 Å². The van der Waals surface area contributed by atoms with Crippen molar-refractivity contribution in [2.75, 3.05) is 6.29 Å². The minimum Gasteiger partial charge on any atom is -0.456 e. The van der Waals surface area contributed by atoms with Crippen LogP contribution in [0.4, 0.5) is 0 Å². The zero-order valence-electron chi connectivity index (χ0n) is 20.2. The summed E-state index contributed by atoms with van der Waals surface area (Å²) in [5, 5.41) is 20.0. The molecule has 2 heterocycles. The van der Waals surface area contributed by atoms with Crippen LogP contribution in [0.15, 0.2) is 108 Å². The SMILES string of the molecule is O=P(CN[C@@H](Cc1ccc2c(c1)oc1ccccc12)c1nn[nH]n1)(Oc1ccccc1)Oc1ccccc1. The van der Waals surface area contributed by atoms with Gasteiger partial charge >= 0.3 is 7.60 Å². The molecular formula is C28H24N5O4P. The number of nitrogens with one attached hydrogen (secondary N) is 2. The molecule has 0 unspecified atom stereocenters. The van der Waals surface area contributed by atoms with Crippen LogP contribution in [0.3, 0.4) is 0 Å². The minimum atomic E-state index is -3.70. The highest BCUT2D eigenvalue weighted by atomic mass is 31.2. The zero-order chi connectivity index (χ0) is 25.8. The first kappa shape index (κ1) is 23.9. The van der Waals surface area contributed by atoms with Gasteiger partial charge in [-0.15, -0.1) is 10.2 Å². The Bertz CT molecular complexity index is 1650. The van der Waals surface area contributed by atoms with Crippen molar-refractivity contribution in [1.82, 2.24) is 25.9 Å². The Morgan fingerprint density at radius 2 is 1.47 bits per heavy atom. The lowest BCUT2D eigenvalue weighted by Crippen LogP contribution is -2.27. The van der Waals surface area contributed by atoms with Crippen molar-refractivity contribution in [2.24, 2.45) is 0 Å². The number of benzene rings is 4. The van der Waals surface area contributed by atoms with Gasteiger partial charge < -0.3 is 13.5 Å². The molecule has 9 nitrogen and oxygen atoms in total.